The van der Waals surface area contributed by atoms with Crippen LogP contribution in [-0.2, 0) is 0 Å². The summed E-state index contributed by atoms with van der Waals surface area (Å²) in [5.41, 5.74) is 10.6. The first kappa shape index (κ1) is 13.2. The Kier molecular flexibility index (Phi) is 3.31. The molecule has 0 atom stereocenters. The van der Waals surface area contributed by atoms with Crippen LogP contribution in [0.2, 0.25) is 0 Å². The summed E-state index contributed by atoms with van der Waals surface area (Å²) in [6.07, 6.45) is 3.06. The van der Waals surface area contributed by atoms with Gasteiger partial charge in [-0.3, -0.25) is 10.9 Å². The van der Waals surface area contributed by atoms with Gasteiger partial charge in [0.15, 0.2) is 11.5 Å². The third-order valence-corrected chi connectivity index (χ3v) is 3.21. The fourth-order valence-corrected chi connectivity index (χ4v) is 2.34. The summed E-state index contributed by atoms with van der Waals surface area (Å²) in [6.45, 7) is 4.02. The van der Waals surface area contributed by atoms with E-state index >= 15 is 0 Å². The van der Waals surface area contributed by atoms with Crippen LogP contribution < -0.4 is 15.6 Å². The molecule has 2 heterocycles. The largest absolute Gasteiger partial charge is 0.496 e. The number of benzene rings is 1. The molecule has 0 fully saturated rings. The van der Waals surface area contributed by atoms with Gasteiger partial charge in [0.2, 0.25) is 0 Å². The molecule has 0 aliphatic rings. The Morgan fingerprint density at radius 3 is 2.52 bits per heavy atom. The maximum Gasteiger partial charge on any atom is 0.182 e. The van der Waals surface area contributed by atoms with Crippen LogP contribution in [0.4, 0.5) is 11.5 Å². The number of imidazole rings is 1. The van der Waals surface area contributed by atoms with Crippen molar-refractivity contribution in [2.24, 2.45) is 0 Å². The first-order chi connectivity index (χ1) is 10.2. The van der Waals surface area contributed by atoms with E-state index in [9.17, 15) is 0 Å². The number of anilines is 2. The number of hydrogen-bond acceptors (Lipinski definition) is 6. The SMILES string of the molecule is COc1c(C)cc(NNc2ncnc3nc[nH]c23)cc1C. The average molecular weight is 284 g/mol. The van der Waals surface area contributed by atoms with Crippen molar-refractivity contribution in [1.29, 1.82) is 0 Å². The maximum absolute atomic E-state index is 5.36. The van der Waals surface area contributed by atoms with Gasteiger partial charge in [0.25, 0.3) is 0 Å². The zero-order valence-corrected chi connectivity index (χ0v) is 12.1. The molecule has 0 saturated heterocycles. The van der Waals surface area contributed by atoms with Gasteiger partial charge in [0, 0.05) is 0 Å². The van der Waals surface area contributed by atoms with Crippen molar-refractivity contribution in [2.45, 2.75) is 13.8 Å². The van der Waals surface area contributed by atoms with Crippen LogP contribution in [0.25, 0.3) is 11.2 Å². The van der Waals surface area contributed by atoms with Gasteiger partial charge >= 0.3 is 0 Å². The van der Waals surface area contributed by atoms with Crippen LogP contribution >= 0.6 is 0 Å². The molecule has 3 aromatic rings. The number of hydrogen-bond donors (Lipinski definition) is 3. The number of aromatic amines is 1. The van der Waals surface area contributed by atoms with E-state index in [-0.39, 0.29) is 0 Å². The van der Waals surface area contributed by atoms with Crippen molar-refractivity contribution in [3.63, 3.8) is 0 Å². The topological polar surface area (TPSA) is 87.8 Å². The fourth-order valence-electron chi connectivity index (χ4n) is 2.34. The highest BCUT2D eigenvalue weighted by atomic mass is 16.5. The average Bonchev–Trinajstić information content (AvgIpc) is 2.93. The summed E-state index contributed by atoms with van der Waals surface area (Å²) in [4.78, 5) is 15.4. The van der Waals surface area contributed by atoms with Crippen LogP contribution in [0.3, 0.4) is 0 Å². The Balaban J connectivity index is 1.83. The zero-order valence-electron chi connectivity index (χ0n) is 12.1. The molecule has 1 aromatic carbocycles. The van der Waals surface area contributed by atoms with Gasteiger partial charge in [0.05, 0.1) is 19.1 Å². The van der Waals surface area contributed by atoms with Crippen LogP contribution in [0.5, 0.6) is 5.75 Å². The molecule has 21 heavy (non-hydrogen) atoms. The Hall–Kier alpha value is -2.83. The maximum atomic E-state index is 5.36. The lowest BCUT2D eigenvalue weighted by Crippen LogP contribution is -2.11. The van der Waals surface area contributed by atoms with Crippen molar-refractivity contribution in [3.8, 4) is 5.75 Å². The fraction of sp³-hybridized carbons (Fsp3) is 0.214. The molecule has 0 unspecified atom stereocenters. The van der Waals surface area contributed by atoms with E-state index in [2.05, 4.69) is 30.8 Å². The second-order valence-electron chi connectivity index (χ2n) is 4.72. The molecule has 0 aliphatic heterocycles. The van der Waals surface area contributed by atoms with E-state index in [1.165, 1.54) is 6.33 Å². The van der Waals surface area contributed by atoms with Crippen molar-refractivity contribution < 1.29 is 4.74 Å². The van der Waals surface area contributed by atoms with E-state index in [0.29, 0.717) is 11.5 Å². The van der Waals surface area contributed by atoms with E-state index in [1.807, 2.05) is 26.0 Å². The highest BCUT2D eigenvalue weighted by Gasteiger charge is 2.07. The van der Waals surface area contributed by atoms with Crippen molar-refractivity contribution in [1.82, 2.24) is 19.9 Å². The Labute approximate surface area is 121 Å². The van der Waals surface area contributed by atoms with Gasteiger partial charge in [-0.05, 0) is 37.1 Å². The monoisotopic (exact) mass is 284 g/mol. The summed E-state index contributed by atoms with van der Waals surface area (Å²) in [7, 11) is 1.68. The number of ether oxygens (including phenoxy) is 1. The normalized spacial score (nSPS) is 10.6. The van der Waals surface area contributed by atoms with E-state index in [4.69, 9.17) is 4.74 Å². The molecule has 0 amide bonds. The van der Waals surface area contributed by atoms with Crippen molar-refractivity contribution >= 4 is 22.7 Å². The van der Waals surface area contributed by atoms with Crippen LogP contribution in [0.1, 0.15) is 11.1 Å². The second kappa shape index (κ2) is 5.28. The molecule has 0 saturated carbocycles. The predicted molar refractivity (Wildman–Crippen MR) is 81.4 cm³/mol. The van der Waals surface area contributed by atoms with E-state index in [0.717, 1.165) is 28.1 Å². The lowest BCUT2D eigenvalue weighted by atomic mass is 10.1. The minimum atomic E-state index is 0.622. The number of aryl methyl sites for hydroxylation is 2. The third kappa shape index (κ3) is 2.45. The van der Waals surface area contributed by atoms with Gasteiger partial charge in [-0.25, -0.2) is 15.0 Å². The van der Waals surface area contributed by atoms with Gasteiger partial charge < -0.3 is 9.72 Å². The highest BCUT2D eigenvalue weighted by molar-refractivity contribution is 5.82. The van der Waals surface area contributed by atoms with Crippen LogP contribution in [0, 0.1) is 13.8 Å². The van der Waals surface area contributed by atoms with Crippen LogP contribution in [0.15, 0.2) is 24.8 Å². The summed E-state index contributed by atoms with van der Waals surface area (Å²) < 4.78 is 5.36. The minimum absolute atomic E-state index is 0.622. The lowest BCUT2D eigenvalue weighted by Gasteiger charge is -2.14. The molecule has 108 valence electrons. The minimum Gasteiger partial charge on any atom is -0.496 e. The summed E-state index contributed by atoms with van der Waals surface area (Å²) in [6, 6.07) is 4.01. The number of rotatable bonds is 4. The first-order valence-electron chi connectivity index (χ1n) is 6.50. The summed E-state index contributed by atoms with van der Waals surface area (Å²) in [5, 5.41) is 0. The smallest absolute Gasteiger partial charge is 0.182 e. The molecule has 0 bridgehead atoms. The molecular formula is C14H16N6O. The highest BCUT2D eigenvalue weighted by Crippen LogP contribution is 2.27. The Bertz CT molecular complexity index is 759. The molecule has 7 nitrogen and oxygen atoms in total. The number of hydrazine groups is 1. The first-order valence-corrected chi connectivity index (χ1v) is 6.50. The van der Waals surface area contributed by atoms with Crippen molar-refractivity contribution in [3.05, 3.63) is 35.9 Å². The number of H-pyrrole nitrogens is 1. The summed E-state index contributed by atoms with van der Waals surface area (Å²) >= 11 is 0. The molecule has 3 N–H and O–H groups in total. The number of nitrogens with one attached hydrogen (secondary N) is 3. The zero-order chi connectivity index (χ0) is 14.8. The van der Waals surface area contributed by atoms with E-state index in [1.54, 1.807) is 13.4 Å². The second-order valence-corrected chi connectivity index (χ2v) is 4.72. The molecule has 7 heteroatoms. The van der Waals surface area contributed by atoms with Gasteiger partial charge in [-0.15, -0.1) is 0 Å². The molecule has 0 spiro atoms. The molecule has 0 radical (unpaired) electrons. The molecule has 2 aromatic heterocycles. The standard InChI is InChI=1S/C14H16N6O/c1-8-4-10(5-9(2)12(8)21-3)19-20-14-11-13(16-6-15-11)17-7-18-14/h4-7,19H,1-3H3,(H2,15,16,17,18,20). The van der Waals surface area contributed by atoms with Crippen LogP contribution in [-0.4, -0.2) is 27.0 Å². The molecule has 3 rings (SSSR count). The molecule has 0 aliphatic carbocycles. The number of methoxy groups -OCH3 is 1. The van der Waals surface area contributed by atoms with Gasteiger partial charge in [-0.1, -0.05) is 0 Å². The Morgan fingerprint density at radius 1 is 1.05 bits per heavy atom. The molecular weight excluding hydrogens is 268 g/mol. The van der Waals surface area contributed by atoms with Gasteiger partial charge in [0.1, 0.15) is 17.6 Å². The summed E-state index contributed by atoms with van der Waals surface area (Å²) in [5.74, 6) is 1.54. The van der Waals surface area contributed by atoms with Gasteiger partial charge in [-0.2, -0.15) is 0 Å². The van der Waals surface area contributed by atoms with E-state index < -0.39 is 0 Å². The number of fused-ring (bicyclic) bond motifs is 1. The van der Waals surface area contributed by atoms with Crippen molar-refractivity contribution in [2.75, 3.05) is 18.0 Å². The number of aromatic nitrogens is 4. The third-order valence-electron chi connectivity index (χ3n) is 3.21. The number of nitrogens with zero attached hydrogens (tertiary/aromatic N) is 3. The Morgan fingerprint density at radius 2 is 1.81 bits per heavy atom. The quantitative estimate of drug-likeness (QED) is 0.638. The lowest BCUT2D eigenvalue weighted by molar-refractivity contribution is 0.408. The predicted octanol–water partition coefficient (Wildman–Crippen LogP) is 2.42.